The lowest BCUT2D eigenvalue weighted by Crippen LogP contribution is -2.30. The Morgan fingerprint density at radius 3 is 2.43 bits per heavy atom. The van der Waals surface area contributed by atoms with Crippen LogP contribution in [0.5, 0.6) is 5.88 Å². The zero-order valence-electron chi connectivity index (χ0n) is 18.8. The number of sulfonamides is 1. The molecular weight excluding hydrogens is 468 g/mol. The maximum Gasteiger partial charge on any atom is 0.240 e. The molecule has 1 fully saturated rings. The van der Waals surface area contributed by atoms with Gasteiger partial charge in [0, 0.05) is 37.2 Å². The Kier molecular flexibility index (Phi) is 5.78. The zero-order chi connectivity index (χ0) is 24.7. The summed E-state index contributed by atoms with van der Waals surface area (Å²) < 4.78 is 27.9. The Labute approximate surface area is 202 Å². The molecule has 2 heterocycles. The molecule has 4 N–H and O–H groups in total. The van der Waals surface area contributed by atoms with Crippen LogP contribution in [0.1, 0.15) is 46.3 Å². The minimum absolute atomic E-state index is 0.0502. The maximum absolute atomic E-state index is 13.2. The number of nitrogens with zero attached hydrogens (tertiary/aromatic N) is 1. The number of likely N-dealkylation sites (tertiary alicyclic amines) is 1. The molecule has 0 bridgehead atoms. The van der Waals surface area contributed by atoms with Crippen molar-refractivity contribution in [2.24, 2.45) is 0 Å². The number of aromatic hydroxyl groups is 1. The molecule has 2 aliphatic rings. The van der Waals surface area contributed by atoms with Crippen LogP contribution < -0.4 is 4.72 Å². The van der Waals surface area contributed by atoms with E-state index in [-0.39, 0.29) is 45.8 Å². The third kappa shape index (κ3) is 4.04. The molecule has 180 valence electrons. The summed E-state index contributed by atoms with van der Waals surface area (Å²) in [4.78, 5) is 29.5. The molecule has 3 aromatic rings. The van der Waals surface area contributed by atoms with E-state index in [4.69, 9.17) is 5.41 Å². The van der Waals surface area contributed by atoms with Crippen molar-refractivity contribution in [1.82, 2.24) is 14.6 Å². The summed E-state index contributed by atoms with van der Waals surface area (Å²) in [5.74, 6) is -0.483. The number of hydrogen-bond donors (Lipinski definition) is 4. The molecule has 35 heavy (non-hydrogen) atoms. The highest BCUT2D eigenvalue weighted by Gasteiger charge is 2.34. The molecule has 0 unspecified atom stereocenters. The van der Waals surface area contributed by atoms with Gasteiger partial charge in [0.2, 0.25) is 15.9 Å². The van der Waals surface area contributed by atoms with Gasteiger partial charge in [0.1, 0.15) is 0 Å². The Morgan fingerprint density at radius 2 is 1.74 bits per heavy atom. The summed E-state index contributed by atoms with van der Waals surface area (Å²) in [6.07, 6.45) is 1.92. The van der Waals surface area contributed by atoms with Crippen molar-refractivity contribution < 1.29 is 23.1 Å². The van der Waals surface area contributed by atoms with E-state index in [0.717, 1.165) is 13.0 Å². The van der Waals surface area contributed by atoms with E-state index in [2.05, 4.69) is 9.71 Å². The number of benzene rings is 2. The Balaban J connectivity index is 1.34. The van der Waals surface area contributed by atoms with Crippen LogP contribution in [0.15, 0.2) is 53.4 Å². The van der Waals surface area contributed by atoms with Gasteiger partial charge in [-0.2, -0.15) is 0 Å². The molecule has 0 saturated carbocycles. The predicted molar refractivity (Wildman–Crippen MR) is 129 cm³/mol. The van der Waals surface area contributed by atoms with Gasteiger partial charge in [0.05, 0.1) is 27.4 Å². The first kappa shape index (κ1) is 23.0. The summed E-state index contributed by atoms with van der Waals surface area (Å²) in [5, 5.41) is 19.0. The molecule has 1 saturated heterocycles. The number of aromatic amines is 1. The Hall–Kier alpha value is -3.76. The normalized spacial score (nSPS) is 15.4. The highest BCUT2D eigenvalue weighted by Crippen LogP contribution is 2.39. The SMILES string of the molecule is N=C1c2ccccc2C(=O)c2c(-c3ccc(S(=O)(=O)NCCCN4CCCC4=O)cc3)[nH]c(O)c21. The van der Waals surface area contributed by atoms with E-state index in [9.17, 15) is 23.1 Å². The van der Waals surface area contributed by atoms with Gasteiger partial charge in [-0.3, -0.25) is 15.0 Å². The van der Waals surface area contributed by atoms with Gasteiger partial charge in [-0.15, -0.1) is 0 Å². The van der Waals surface area contributed by atoms with Crippen molar-refractivity contribution >= 4 is 27.4 Å². The van der Waals surface area contributed by atoms with Gasteiger partial charge in [-0.1, -0.05) is 36.4 Å². The molecule has 0 radical (unpaired) electrons. The van der Waals surface area contributed by atoms with Crippen LogP contribution in [-0.2, 0) is 14.8 Å². The maximum atomic E-state index is 13.2. The van der Waals surface area contributed by atoms with Crippen LogP contribution in [-0.4, -0.2) is 60.4 Å². The van der Waals surface area contributed by atoms with Gasteiger partial charge in [0.15, 0.2) is 11.7 Å². The van der Waals surface area contributed by atoms with Gasteiger partial charge >= 0.3 is 0 Å². The molecule has 0 spiro atoms. The van der Waals surface area contributed by atoms with E-state index in [1.165, 1.54) is 12.1 Å². The summed E-state index contributed by atoms with van der Waals surface area (Å²) in [5.41, 5.74) is 2.04. The molecule has 1 amide bonds. The number of carbonyl (C=O) groups excluding carboxylic acids is 2. The molecule has 0 atom stereocenters. The number of carbonyl (C=O) groups is 2. The Morgan fingerprint density at radius 1 is 1.03 bits per heavy atom. The second kappa shape index (κ2) is 8.79. The van der Waals surface area contributed by atoms with E-state index in [1.807, 2.05) is 0 Å². The number of H-pyrrole nitrogens is 1. The van der Waals surface area contributed by atoms with Crippen LogP contribution in [0.2, 0.25) is 0 Å². The highest BCUT2D eigenvalue weighted by molar-refractivity contribution is 7.89. The summed E-state index contributed by atoms with van der Waals surface area (Å²) in [6.45, 7) is 1.45. The molecule has 10 heteroatoms. The van der Waals surface area contributed by atoms with Crippen LogP contribution in [0.3, 0.4) is 0 Å². The fourth-order valence-electron chi connectivity index (χ4n) is 4.64. The second-order valence-electron chi connectivity index (χ2n) is 8.61. The van der Waals surface area contributed by atoms with E-state index in [1.54, 1.807) is 41.3 Å². The van der Waals surface area contributed by atoms with Gasteiger partial charge in [0.25, 0.3) is 0 Å². The molecule has 1 aromatic heterocycles. The first-order valence-electron chi connectivity index (χ1n) is 11.3. The Bertz CT molecular complexity index is 1460. The predicted octanol–water partition coefficient (Wildman–Crippen LogP) is 2.64. The van der Waals surface area contributed by atoms with Crippen LogP contribution in [0.25, 0.3) is 11.3 Å². The van der Waals surface area contributed by atoms with Gasteiger partial charge in [-0.25, -0.2) is 13.1 Å². The number of amides is 1. The number of rotatable bonds is 7. The van der Waals surface area contributed by atoms with E-state index < -0.39 is 10.0 Å². The molecule has 5 rings (SSSR count). The first-order valence-corrected chi connectivity index (χ1v) is 12.8. The third-order valence-corrected chi connectivity index (χ3v) is 7.90. The monoisotopic (exact) mass is 492 g/mol. The smallest absolute Gasteiger partial charge is 0.240 e. The summed E-state index contributed by atoms with van der Waals surface area (Å²) in [7, 11) is -3.75. The average Bonchev–Trinajstić information content (AvgIpc) is 3.43. The zero-order valence-corrected chi connectivity index (χ0v) is 19.6. The second-order valence-corrected chi connectivity index (χ2v) is 10.4. The summed E-state index contributed by atoms with van der Waals surface area (Å²) in [6, 6.07) is 12.7. The number of nitrogens with one attached hydrogen (secondary N) is 3. The van der Waals surface area contributed by atoms with Crippen molar-refractivity contribution in [3.05, 3.63) is 70.8 Å². The summed E-state index contributed by atoms with van der Waals surface area (Å²) >= 11 is 0. The number of aromatic nitrogens is 1. The van der Waals surface area contributed by atoms with Crippen LogP contribution >= 0.6 is 0 Å². The van der Waals surface area contributed by atoms with Crippen molar-refractivity contribution in [2.45, 2.75) is 24.2 Å². The average molecular weight is 493 g/mol. The first-order chi connectivity index (χ1) is 16.8. The van der Waals surface area contributed by atoms with Crippen molar-refractivity contribution in [1.29, 1.82) is 5.41 Å². The van der Waals surface area contributed by atoms with Gasteiger partial charge in [-0.05, 0) is 30.5 Å². The lowest BCUT2D eigenvalue weighted by atomic mass is 9.84. The highest BCUT2D eigenvalue weighted by atomic mass is 32.2. The van der Waals surface area contributed by atoms with Crippen LogP contribution in [0, 0.1) is 5.41 Å². The fourth-order valence-corrected chi connectivity index (χ4v) is 5.72. The standard InChI is InChI=1S/C25H24N4O5S/c26-22-17-5-1-2-6-18(17)24(31)21-20(22)25(32)28-23(21)15-8-10-16(11-9-15)35(33,34)27-12-4-14-29-13-3-7-19(29)30/h1-2,5-6,8-11,26-28,32H,3-4,7,12-14H2. The lowest BCUT2D eigenvalue weighted by Gasteiger charge is -2.17. The van der Waals surface area contributed by atoms with Gasteiger partial charge < -0.3 is 15.0 Å². The van der Waals surface area contributed by atoms with Crippen LogP contribution in [0.4, 0.5) is 0 Å². The lowest BCUT2D eigenvalue weighted by molar-refractivity contribution is -0.127. The molecule has 9 nitrogen and oxygen atoms in total. The minimum atomic E-state index is -3.75. The van der Waals surface area contributed by atoms with E-state index in [0.29, 0.717) is 41.8 Å². The topological polar surface area (TPSA) is 143 Å². The number of ketones is 1. The quantitative estimate of drug-likeness (QED) is 0.293. The third-order valence-electron chi connectivity index (χ3n) is 6.42. The number of fused-ring (bicyclic) bond motifs is 2. The van der Waals surface area contributed by atoms with Crippen molar-refractivity contribution in [2.75, 3.05) is 19.6 Å². The largest absolute Gasteiger partial charge is 0.494 e. The molecular formula is C25H24N4O5S. The molecule has 2 aromatic carbocycles. The fraction of sp³-hybridized carbons (Fsp3) is 0.240. The van der Waals surface area contributed by atoms with Crippen molar-refractivity contribution in [3.63, 3.8) is 0 Å². The number of hydrogen-bond acceptors (Lipinski definition) is 6. The molecule has 1 aliphatic carbocycles. The molecule has 1 aliphatic heterocycles. The minimum Gasteiger partial charge on any atom is -0.494 e. The van der Waals surface area contributed by atoms with E-state index >= 15 is 0 Å². The van der Waals surface area contributed by atoms with Crippen molar-refractivity contribution in [3.8, 4) is 17.1 Å².